The molecule has 0 aromatic heterocycles. The van der Waals surface area contributed by atoms with Crippen molar-refractivity contribution < 1.29 is 4.74 Å². The van der Waals surface area contributed by atoms with Gasteiger partial charge in [-0.05, 0) is 12.3 Å². The maximum Gasteiger partial charge on any atom is 0.0725 e. The van der Waals surface area contributed by atoms with Crippen LogP contribution < -0.4 is 5.32 Å². The first kappa shape index (κ1) is 18.0. The number of rotatable bonds is 12. The molecule has 1 saturated heterocycles. The molecule has 0 amide bonds. The molecule has 0 saturated carbocycles. The lowest BCUT2D eigenvalue weighted by molar-refractivity contribution is -0.00692. The summed E-state index contributed by atoms with van der Waals surface area (Å²) in [6.07, 6.45) is 16.1. The molecule has 2 atom stereocenters. The van der Waals surface area contributed by atoms with Gasteiger partial charge in [0.25, 0.3) is 0 Å². The second-order valence-electron chi connectivity index (χ2n) is 6.56. The van der Waals surface area contributed by atoms with Gasteiger partial charge in [-0.2, -0.15) is 0 Å². The van der Waals surface area contributed by atoms with Crippen LogP contribution in [-0.2, 0) is 4.74 Å². The van der Waals surface area contributed by atoms with Crippen LogP contribution in [-0.4, -0.2) is 25.8 Å². The molecule has 1 rings (SSSR count). The summed E-state index contributed by atoms with van der Waals surface area (Å²) in [5, 5.41) is 3.43. The third-order valence-electron chi connectivity index (χ3n) is 4.60. The molecule has 1 aliphatic rings. The molecule has 1 aliphatic heterocycles. The lowest BCUT2D eigenvalue weighted by Crippen LogP contribution is -2.41. The van der Waals surface area contributed by atoms with E-state index in [1.165, 1.54) is 70.6 Å². The summed E-state index contributed by atoms with van der Waals surface area (Å²) >= 11 is 0. The summed E-state index contributed by atoms with van der Waals surface area (Å²) in [5.74, 6) is 0.719. The Kier molecular flexibility index (Phi) is 11.4. The number of nitrogens with one attached hydrogen (secondary N) is 1. The second kappa shape index (κ2) is 12.6. The van der Waals surface area contributed by atoms with Gasteiger partial charge < -0.3 is 10.1 Å². The minimum Gasteiger partial charge on any atom is -0.375 e. The monoisotopic (exact) mass is 283 g/mol. The molecule has 20 heavy (non-hydrogen) atoms. The van der Waals surface area contributed by atoms with Crippen molar-refractivity contribution in [2.45, 2.75) is 90.6 Å². The second-order valence-corrected chi connectivity index (χ2v) is 6.56. The number of hydrogen-bond acceptors (Lipinski definition) is 2. The van der Waals surface area contributed by atoms with Gasteiger partial charge in [0, 0.05) is 13.1 Å². The van der Waals surface area contributed by atoms with E-state index in [1.54, 1.807) is 0 Å². The summed E-state index contributed by atoms with van der Waals surface area (Å²) in [5.41, 5.74) is 0. The first-order valence-corrected chi connectivity index (χ1v) is 9.17. The van der Waals surface area contributed by atoms with Crippen molar-refractivity contribution in [3.63, 3.8) is 0 Å². The van der Waals surface area contributed by atoms with Gasteiger partial charge >= 0.3 is 0 Å². The Hall–Kier alpha value is -0.0800. The quantitative estimate of drug-likeness (QED) is 0.513. The van der Waals surface area contributed by atoms with Crippen LogP contribution in [0.2, 0.25) is 0 Å². The van der Waals surface area contributed by atoms with E-state index >= 15 is 0 Å². The van der Waals surface area contributed by atoms with Gasteiger partial charge in [-0.1, -0.05) is 78.1 Å². The maximum atomic E-state index is 5.82. The Morgan fingerprint density at radius 2 is 1.55 bits per heavy atom. The number of unbranched alkanes of at least 4 members (excludes halogenated alkanes) is 9. The highest BCUT2D eigenvalue weighted by Crippen LogP contribution is 2.18. The first-order valence-electron chi connectivity index (χ1n) is 9.17. The molecule has 0 aliphatic carbocycles. The van der Waals surface area contributed by atoms with Crippen molar-refractivity contribution in [2.24, 2.45) is 5.92 Å². The van der Waals surface area contributed by atoms with E-state index in [0.717, 1.165) is 25.6 Å². The minimum absolute atomic E-state index is 0.460. The molecule has 0 aromatic carbocycles. The van der Waals surface area contributed by atoms with Gasteiger partial charge in [-0.25, -0.2) is 0 Å². The van der Waals surface area contributed by atoms with Crippen molar-refractivity contribution >= 4 is 0 Å². The third kappa shape index (κ3) is 8.97. The normalized spacial score (nSPS) is 21.0. The molecule has 1 heterocycles. The fourth-order valence-corrected chi connectivity index (χ4v) is 3.09. The number of morpholine rings is 1. The van der Waals surface area contributed by atoms with Crippen LogP contribution in [0, 0.1) is 5.92 Å². The standard InChI is InChI=1S/C18H37NO/c1-3-4-5-6-7-8-9-10-11-12-13-17(2)18-16-19-14-15-20-18/h17-19H,3-16H2,1-2H3. The highest BCUT2D eigenvalue weighted by atomic mass is 16.5. The topological polar surface area (TPSA) is 21.3 Å². The van der Waals surface area contributed by atoms with Crippen LogP contribution in [0.25, 0.3) is 0 Å². The summed E-state index contributed by atoms with van der Waals surface area (Å²) in [4.78, 5) is 0. The van der Waals surface area contributed by atoms with Crippen molar-refractivity contribution in [1.82, 2.24) is 5.32 Å². The van der Waals surface area contributed by atoms with Gasteiger partial charge in [0.1, 0.15) is 0 Å². The maximum absolute atomic E-state index is 5.82. The summed E-state index contributed by atoms with van der Waals surface area (Å²) in [6.45, 7) is 7.62. The van der Waals surface area contributed by atoms with E-state index in [1.807, 2.05) is 0 Å². The van der Waals surface area contributed by atoms with Gasteiger partial charge in [0.2, 0.25) is 0 Å². The molecule has 0 bridgehead atoms. The van der Waals surface area contributed by atoms with Gasteiger partial charge in [0.05, 0.1) is 12.7 Å². The van der Waals surface area contributed by atoms with E-state index < -0.39 is 0 Å². The van der Waals surface area contributed by atoms with E-state index in [2.05, 4.69) is 19.2 Å². The van der Waals surface area contributed by atoms with Gasteiger partial charge in [-0.3, -0.25) is 0 Å². The van der Waals surface area contributed by atoms with Crippen molar-refractivity contribution in [3.8, 4) is 0 Å². The Morgan fingerprint density at radius 1 is 0.950 bits per heavy atom. The highest BCUT2D eigenvalue weighted by molar-refractivity contribution is 4.72. The Bertz CT molecular complexity index is 202. The average Bonchev–Trinajstić information content (AvgIpc) is 2.50. The lowest BCUT2D eigenvalue weighted by atomic mass is 9.96. The Labute approximate surface area is 127 Å². The van der Waals surface area contributed by atoms with Crippen molar-refractivity contribution in [2.75, 3.05) is 19.7 Å². The molecular weight excluding hydrogens is 246 g/mol. The Balaban J connectivity index is 1.82. The smallest absolute Gasteiger partial charge is 0.0725 e. The molecule has 120 valence electrons. The average molecular weight is 284 g/mol. The molecule has 0 radical (unpaired) electrons. The zero-order valence-corrected chi connectivity index (χ0v) is 14.0. The van der Waals surface area contributed by atoms with Crippen LogP contribution >= 0.6 is 0 Å². The van der Waals surface area contributed by atoms with Crippen LogP contribution in [0.3, 0.4) is 0 Å². The fraction of sp³-hybridized carbons (Fsp3) is 1.00. The SMILES string of the molecule is CCCCCCCCCCCCC(C)C1CNCCO1. The van der Waals surface area contributed by atoms with Crippen LogP contribution in [0.1, 0.15) is 84.5 Å². The van der Waals surface area contributed by atoms with Crippen molar-refractivity contribution in [3.05, 3.63) is 0 Å². The van der Waals surface area contributed by atoms with E-state index in [4.69, 9.17) is 4.74 Å². The van der Waals surface area contributed by atoms with E-state index in [0.29, 0.717) is 6.10 Å². The molecule has 2 nitrogen and oxygen atoms in total. The van der Waals surface area contributed by atoms with Gasteiger partial charge in [0.15, 0.2) is 0 Å². The lowest BCUT2D eigenvalue weighted by Gasteiger charge is -2.28. The fourth-order valence-electron chi connectivity index (χ4n) is 3.09. The zero-order valence-electron chi connectivity index (χ0n) is 14.0. The molecule has 2 heteroatoms. The number of hydrogen-bond donors (Lipinski definition) is 1. The van der Waals surface area contributed by atoms with Gasteiger partial charge in [-0.15, -0.1) is 0 Å². The highest BCUT2D eigenvalue weighted by Gasteiger charge is 2.19. The van der Waals surface area contributed by atoms with E-state index in [9.17, 15) is 0 Å². The molecular formula is C18H37NO. The van der Waals surface area contributed by atoms with E-state index in [-0.39, 0.29) is 0 Å². The zero-order chi connectivity index (χ0) is 14.5. The van der Waals surface area contributed by atoms with Crippen LogP contribution in [0.5, 0.6) is 0 Å². The van der Waals surface area contributed by atoms with Crippen LogP contribution in [0.4, 0.5) is 0 Å². The molecule has 0 spiro atoms. The Morgan fingerprint density at radius 3 is 2.10 bits per heavy atom. The predicted molar refractivity (Wildman–Crippen MR) is 88.2 cm³/mol. The number of ether oxygens (including phenoxy) is 1. The molecule has 0 aromatic rings. The molecule has 1 fully saturated rings. The third-order valence-corrected chi connectivity index (χ3v) is 4.60. The largest absolute Gasteiger partial charge is 0.375 e. The van der Waals surface area contributed by atoms with Crippen molar-refractivity contribution in [1.29, 1.82) is 0 Å². The molecule has 2 unspecified atom stereocenters. The molecule has 1 N–H and O–H groups in total. The minimum atomic E-state index is 0.460. The summed E-state index contributed by atoms with van der Waals surface area (Å²) in [7, 11) is 0. The first-order chi connectivity index (χ1) is 9.84. The van der Waals surface area contributed by atoms with Crippen LogP contribution in [0.15, 0.2) is 0 Å². The summed E-state index contributed by atoms with van der Waals surface area (Å²) in [6, 6.07) is 0. The summed E-state index contributed by atoms with van der Waals surface area (Å²) < 4.78 is 5.82. The predicted octanol–water partition coefficient (Wildman–Crippen LogP) is 4.92.